The molecule has 1 aromatic heterocycles. The summed E-state index contributed by atoms with van der Waals surface area (Å²) < 4.78 is 43.5. The first-order chi connectivity index (χ1) is 9.88. The smallest absolute Gasteiger partial charge is 0.352 e. The predicted molar refractivity (Wildman–Crippen MR) is 69.5 cm³/mol. The molecule has 112 valence electrons. The molecule has 2 rings (SSSR count). The molecule has 2 aromatic rings. The topological polar surface area (TPSA) is 68.0 Å². The molecule has 1 N–H and O–H groups in total. The summed E-state index contributed by atoms with van der Waals surface area (Å²) in [5.74, 6) is -0.444. The maximum Gasteiger partial charge on any atom is 0.417 e. The standard InChI is InChI=1S/C12H9BrF3N3O2/c13-7-1-2-8(9(5-7)12(14,15)16)11(20)17-4-3-10-18-6-21-19-10/h1-2,5-6H,3-4H2,(H,17,20). The van der Waals surface area contributed by atoms with E-state index in [9.17, 15) is 18.0 Å². The quantitative estimate of drug-likeness (QED) is 0.906. The van der Waals surface area contributed by atoms with Crippen LogP contribution in [0.4, 0.5) is 13.2 Å². The van der Waals surface area contributed by atoms with E-state index in [4.69, 9.17) is 0 Å². The maximum absolute atomic E-state index is 12.9. The molecular formula is C12H9BrF3N3O2. The zero-order chi connectivity index (χ0) is 15.5. The zero-order valence-corrected chi connectivity index (χ0v) is 12.0. The highest BCUT2D eigenvalue weighted by Gasteiger charge is 2.35. The van der Waals surface area contributed by atoms with Gasteiger partial charge in [0.15, 0.2) is 5.82 Å². The highest BCUT2D eigenvalue weighted by atomic mass is 79.9. The Balaban J connectivity index is 2.08. The van der Waals surface area contributed by atoms with Gasteiger partial charge in [-0.05, 0) is 18.2 Å². The predicted octanol–water partition coefficient (Wildman–Crippen LogP) is 2.82. The van der Waals surface area contributed by atoms with Crippen molar-refractivity contribution in [3.63, 3.8) is 0 Å². The number of nitrogens with zero attached hydrogens (tertiary/aromatic N) is 2. The first-order valence-corrected chi connectivity index (χ1v) is 6.57. The molecule has 0 atom stereocenters. The van der Waals surface area contributed by atoms with Gasteiger partial charge in [0.25, 0.3) is 5.91 Å². The van der Waals surface area contributed by atoms with Gasteiger partial charge in [-0.1, -0.05) is 21.1 Å². The van der Waals surface area contributed by atoms with Gasteiger partial charge in [-0.2, -0.15) is 18.2 Å². The summed E-state index contributed by atoms with van der Waals surface area (Å²) in [5, 5.41) is 5.92. The van der Waals surface area contributed by atoms with Crippen molar-refractivity contribution in [3.05, 3.63) is 46.0 Å². The largest absolute Gasteiger partial charge is 0.417 e. The number of hydrogen-bond donors (Lipinski definition) is 1. The first kappa shape index (κ1) is 15.5. The summed E-state index contributed by atoms with van der Waals surface area (Å²) >= 11 is 2.96. The summed E-state index contributed by atoms with van der Waals surface area (Å²) in [7, 11) is 0. The van der Waals surface area contributed by atoms with Crippen molar-refractivity contribution >= 4 is 21.8 Å². The summed E-state index contributed by atoms with van der Waals surface area (Å²) in [6, 6.07) is 3.37. The SMILES string of the molecule is O=C(NCCc1ncon1)c1ccc(Br)cc1C(F)(F)F. The first-order valence-electron chi connectivity index (χ1n) is 5.78. The second kappa shape index (κ2) is 6.25. The average Bonchev–Trinajstić information content (AvgIpc) is 2.90. The number of amides is 1. The number of alkyl halides is 3. The van der Waals surface area contributed by atoms with Crippen molar-refractivity contribution in [2.24, 2.45) is 0 Å². The van der Waals surface area contributed by atoms with Gasteiger partial charge in [0.1, 0.15) is 0 Å². The van der Waals surface area contributed by atoms with E-state index in [0.29, 0.717) is 5.82 Å². The number of aromatic nitrogens is 2. The van der Waals surface area contributed by atoms with E-state index in [1.807, 2.05) is 0 Å². The monoisotopic (exact) mass is 363 g/mol. The minimum absolute atomic E-state index is 0.103. The average molecular weight is 364 g/mol. The molecule has 0 saturated carbocycles. The second-order valence-corrected chi connectivity index (χ2v) is 4.96. The lowest BCUT2D eigenvalue weighted by Gasteiger charge is -2.13. The number of carbonyl (C=O) groups is 1. The van der Waals surface area contributed by atoms with Crippen molar-refractivity contribution in [1.29, 1.82) is 0 Å². The third-order valence-corrected chi connectivity index (χ3v) is 3.07. The van der Waals surface area contributed by atoms with Gasteiger partial charge in [0, 0.05) is 17.4 Å². The van der Waals surface area contributed by atoms with E-state index in [1.54, 1.807) is 0 Å². The van der Waals surface area contributed by atoms with Gasteiger partial charge in [-0.15, -0.1) is 0 Å². The highest BCUT2D eigenvalue weighted by Crippen LogP contribution is 2.33. The number of benzene rings is 1. The van der Waals surface area contributed by atoms with Crippen LogP contribution >= 0.6 is 15.9 Å². The molecule has 0 spiro atoms. The third-order valence-electron chi connectivity index (χ3n) is 2.57. The lowest BCUT2D eigenvalue weighted by Crippen LogP contribution is -2.28. The number of rotatable bonds is 4. The van der Waals surface area contributed by atoms with Crippen molar-refractivity contribution < 1.29 is 22.5 Å². The summed E-state index contributed by atoms with van der Waals surface area (Å²) in [6.45, 7) is 0.103. The van der Waals surface area contributed by atoms with Crippen LogP contribution in [0.3, 0.4) is 0 Å². The number of hydrogen-bond acceptors (Lipinski definition) is 4. The van der Waals surface area contributed by atoms with Crippen LogP contribution in [0.15, 0.2) is 33.6 Å². The Morgan fingerprint density at radius 3 is 2.76 bits per heavy atom. The molecule has 0 bridgehead atoms. The fourth-order valence-corrected chi connectivity index (χ4v) is 2.00. The van der Waals surface area contributed by atoms with Gasteiger partial charge in [-0.25, -0.2) is 0 Å². The van der Waals surface area contributed by atoms with E-state index in [2.05, 4.69) is 35.9 Å². The van der Waals surface area contributed by atoms with Crippen LogP contribution in [0.25, 0.3) is 0 Å². The van der Waals surface area contributed by atoms with Crippen molar-refractivity contribution in [2.45, 2.75) is 12.6 Å². The number of carbonyl (C=O) groups excluding carboxylic acids is 1. The minimum Gasteiger partial charge on any atom is -0.352 e. The van der Waals surface area contributed by atoms with Gasteiger partial charge < -0.3 is 9.84 Å². The van der Waals surface area contributed by atoms with Crippen LogP contribution in [0.2, 0.25) is 0 Å². The fourth-order valence-electron chi connectivity index (χ4n) is 1.63. The molecule has 9 heteroatoms. The highest BCUT2D eigenvalue weighted by molar-refractivity contribution is 9.10. The Hall–Kier alpha value is -1.90. The molecule has 0 fully saturated rings. The van der Waals surface area contributed by atoms with Crippen LogP contribution in [0.5, 0.6) is 0 Å². The Bertz CT molecular complexity index is 629. The number of nitrogens with one attached hydrogen (secondary N) is 1. The van der Waals surface area contributed by atoms with E-state index >= 15 is 0 Å². The molecule has 1 amide bonds. The van der Waals surface area contributed by atoms with Crippen LogP contribution in [0, 0.1) is 0 Å². The van der Waals surface area contributed by atoms with Crippen LogP contribution in [-0.2, 0) is 12.6 Å². The van der Waals surface area contributed by atoms with Crippen LogP contribution < -0.4 is 5.32 Å². The molecule has 5 nitrogen and oxygen atoms in total. The van der Waals surface area contributed by atoms with E-state index in [-0.39, 0.29) is 17.4 Å². The lowest BCUT2D eigenvalue weighted by atomic mass is 10.1. The van der Waals surface area contributed by atoms with Gasteiger partial charge in [0.2, 0.25) is 6.39 Å². The van der Waals surface area contributed by atoms with Crippen molar-refractivity contribution in [3.8, 4) is 0 Å². The molecule has 1 heterocycles. The Morgan fingerprint density at radius 1 is 1.38 bits per heavy atom. The van der Waals surface area contributed by atoms with Gasteiger partial charge >= 0.3 is 6.18 Å². The molecule has 0 radical (unpaired) electrons. The molecule has 1 aromatic carbocycles. The molecular weight excluding hydrogens is 355 g/mol. The summed E-state index contributed by atoms with van der Waals surface area (Å²) in [6.07, 6.45) is -3.21. The zero-order valence-electron chi connectivity index (χ0n) is 10.4. The Labute approximate surface area is 125 Å². The van der Waals surface area contributed by atoms with E-state index < -0.39 is 23.2 Å². The van der Waals surface area contributed by atoms with Crippen molar-refractivity contribution in [1.82, 2.24) is 15.5 Å². The van der Waals surface area contributed by atoms with E-state index in [0.717, 1.165) is 18.5 Å². The van der Waals surface area contributed by atoms with Crippen molar-refractivity contribution in [2.75, 3.05) is 6.54 Å². The second-order valence-electron chi connectivity index (χ2n) is 4.04. The normalized spacial score (nSPS) is 11.4. The molecule has 21 heavy (non-hydrogen) atoms. The molecule has 0 unspecified atom stereocenters. The van der Waals surface area contributed by atoms with Gasteiger partial charge in [-0.3, -0.25) is 4.79 Å². The molecule has 0 aliphatic heterocycles. The third kappa shape index (κ3) is 4.03. The van der Waals surface area contributed by atoms with Gasteiger partial charge in [0.05, 0.1) is 11.1 Å². The lowest BCUT2D eigenvalue weighted by molar-refractivity contribution is -0.138. The van der Waals surface area contributed by atoms with Crippen LogP contribution in [-0.4, -0.2) is 22.6 Å². The molecule has 0 saturated heterocycles. The molecule has 0 aliphatic carbocycles. The summed E-state index contributed by atoms with van der Waals surface area (Å²) in [5.41, 5.74) is -1.42. The maximum atomic E-state index is 12.9. The minimum atomic E-state index is -4.61. The summed E-state index contributed by atoms with van der Waals surface area (Å²) in [4.78, 5) is 15.6. The Kier molecular flexibility index (Phi) is 4.61. The van der Waals surface area contributed by atoms with Crippen LogP contribution in [0.1, 0.15) is 21.7 Å². The molecule has 0 aliphatic rings. The van der Waals surface area contributed by atoms with E-state index in [1.165, 1.54) is 6.07 Å². The fraction of sp³-hybridized carbons (Fsp3) is 0.250. The Morgan fingerprint density at radius 2 is 2.14 bits per heavy atom. The number of halogens is 4.